The topological polar surface area (TPSA) is 35.5 Å². The molecule has 0 unspecified atom stereocenters. The summed E-state index contributed by atoms with van der Waals surface area (Å²) >= 11 is 0. The van der Waals surface area contributed by atoms with E-state index in [9.17, 15) is 4.79 Å². The van der Waals surface area contributed by atoms with Crippen LogP contribution in [0.3, 0.4) is 0 Å². The maximum atomic E-state index is 12.9. The molecule has 0 bridgehead atoms. The lowest BCUT2D eigenvalue weighted by atomic mass is 9.84. The van der Waals surface area contributed by atoms with E-state index in [1.165, 1.54) is 153 Å². The average Bonchev–Trinajstić information content (AvgIpc) is 3.08. The third-order valence-electron chi connectivity index (χ3n) is 11.1. The third-order valence-corrected chi connectivity index (χ3v) is 11.1. The maximum Gasteiger partial charge on any atom is 0.311 e. The Labute approximate surface area is 298 Å². The molecule has 2 rings (SSSR count). The number of fused-ring (bicyclic) bond motifs is 1. The molecule has 1 aromatic rings. The average molecular weight is 667 g/mol. The summed E-state index contributed by atoms with van der Waals surface area (Å²) in [6, 6.07) is 0. The molecule has 0 saturated carbocycles. The van der Waals surface area contributed by atoms with Gasteiger partial charge in [-0.1, -0.05) is 154 Å². The van der Waals surface area contributed by atoms with Crippen molar-refractivity contribution in [2.24, 2.45) is 0 Å². The number of ether oxygens (including phenoxy) is 2. The first kappa shape index (κ1) is 42.4. The number of benzene rings is 1. The lowest BCUT2D eigenvalue weighted by molar-refractivity contribution is -0.134. The lowest BCUT2D eigenvalue weighted by Gasteiger charge is -2.38. The van der Waals surface area contributed by atoms with Gasteiger partial charge in [0.2, 0.25) is 0 Å². The Morgan fingerprint density at radius 2 is 1.12 bits per heavy atom. The molecule has 3 heteroatoms. The molecule has 0 saturated heterocycles. The highest BCUT2D eigenvalue weighted by Crippen LogP contribution is 2.45. The zero-order chi connectivity index (χ0) is 34.9. The summed E-state index contributed by atoms with van der Waals surface area (Å²) in [5.41, 5.74) is 4.44. The summed E-state index contributed by atoms with van der Waals surface area (Å²) in [5, 5.41) is 0. The Kier molecular flexibility index (Phi) is 23.0. The fourth-order valence-electron chi connectivity index (χ4n) is 7.62. The molecule has 276 valence electrons. The van der Waals surface area contributed by atoms with Crippen molar-refractivity contribution in [2.75, 3.05) is 0 Å². The molecule has 3 nitrogen and oxygen atoms in total. The first-order valence-corrected chi connectivity index (χ1v) is 21.0. The summed E-state index contributed by atoms with van der Waals surface area (Å²) in [6.45, 7) is 14.8. The SMILES string of the molecule is C=CCCCCCCCCCCCCCC(=O)Oc1c(C)c(C)c2c(c1C)CC[C@](C)(CCCCCCCCCCCCCCCC)O2. The van der Waals surface area contributed by atoms with E-state index in [0.717, 1.165) is 66.7 Å². The van der Waals surface area contributed by atoms with E-state index >= 15 is 0 Å². The summed E-state index contributed by atoms with van der Waals surface area (Å²) in [6.07, 6.45) is 40.3. The number of hydrogen-bond acceptors (Lipinski definition) is 3. The van der Waals surface area contributed by atoms with Crippen molar-refractivity contribution in [1.82, 2.24) is 0 Å². The van der Waals surface area contributed by atoms with Gasteiger partial charge in [0.25, 0.3) is 0 Å². The van der Waals surface area contributed by atoms with Crippen LogP contribution in [0.2, 0.25) is 0 Å². The van der Waals surface area contributed by atoms with Gasteiger partial charge in [0, 0.05) is 12.0 Å². The molecule has 48 heavy (non-hydrogen) atoms. The largest absolute Gasteiger partial charge is 0.487 e. The second-order valence-corrected chi connectivity index (χ2v) is 15.6. The van der Waals surface area contributed by atoms with Gasteiger partial charge in [-0.25, -0.2) is 0 Å². The molecular weight excluding hydrogens is 588 g/mol. The fourth-order valence-corrected chi connectivity index (χ4v) is 7.62. The van der Waals surface area contributed by atoms with Crippen LogP contribution >= 0.6 is 0 Å². The van der Waals surface area contributed by atoms with E-state index in [1.54, 1.807) is 0 Å². The Bertz CT molecular complexity index is 1010. The van der Waals surface area contributed by atoms with Gasteiger partial charge in [0.05, 0.1) is 0 Å². The molecule has 0 spiro atoms. The van der Waals surface area contributed by atoms with E-state index in [-0.39, 0.29) is 11.6 Å². The summed E-state index contributed by atoms with van der Waals surface area (Å²) in [4.78, 5) is 12.9. The number of carbonyl (C=O) groups excluding carboxylic acids is 1. The van der Waals surface area contributed by atoms with Crippen molar-refractivity contribution in [3.05, 3.63) is 34.9 Å². The summed E-state index contributed by atoms with van der Waals surface area (Å²) in [7, 11) is 0. The number of esters is 1. The Morgan fingerprint density at radius 3 is 1.62 bits per heavy atom. The van der Waals surface area contributed by atoms with E-state index in [4.69, 9.17) is 9.47 Å². The molecule has 0 aliphatic carbocycles. The Balaban J connectivity index is 1.62. The van der Waals surface area contributed by atoms with Crippen LogP contribution in [-0.4, -0.2) is 11.6 Å². The van der Waals surface area contributed by atoms with Crippen molar-refractivity contribution in [3.8, 4) is 11.5 Å². The minimum Gasteiger partial charge on any atom is -0.487 e. The molecule has 1 heterocycles. The molecule has 1 aromatic carbocycles. The normalized spacial score (nSPS) is 15.7. The van der Waals surface area contributed by atoms with E-state index in [0.29, 0.717) is 6.42 Å². The van der Waals surface area contributed by atoms with Gasteiger partial charge < -0.3 is 9.47 Å². The monoisotopic (exact) mass is 667 g/mol. The van der Waals surface area contributed by atoms with Crippen LogP contribution < -0.4 is 9.47 Å². The van der Waals surface area contributed by atoms with E-state index in [2.05, 4.69) is 41.2 Å². The summed E-state index contributed by atoms with van der Waals surface area (Å²) < 4.78 is 12.8. The number of allylic oxidation sites excluding steroid dienone is 1. The van der Waals surface area contributed by atoms with Crippen molar-refractivity contribution in [2.45, 2.75) is 233 Å². The van der Waals surface area contributed by atoms with Crippen molar-refractivity contribution < 1.29 is 14.3 Å². The van der Waals surface area contributed by atoms with Crippen LogP contribution in [0.25, 0.3) is 0 Å². The van der Waals surface area contributed by atoms with Crippen molar-refractivity contribution >= 4 is 5.97 Å². The molecule has 1 atom stereocenters. The highest BCUT2D eigenvalue weighted by Gasteiger charge is 2.34. The van der Waals surface area contributed by atoms with Gasteiger partial charge in [-0.05, 0) is 89.3 Å². The third kappa shape index (κ3) is 17.2. The lowest BCUT2D eigenvalue weighted by Crippen LogP contribution is -2.37. The number of carbonyl (C=O) groups is 1. The minimum atomic E-state index is -0.0999. The van der Waals surface area contributed by atoms with Crippen LogP contribution in [0.1, 0.15) is 222 Å². The molecule has 0 amide bonds. The fraction of sp³-hybridized carbons (Fsp3) is 0.800. The molecule has 0 N–H and O–H groups in total. The molecule has 0 aromatic heterocycles. The number of rotatable bonds is 30. The molecule has 0 radical (unpaired) electrons. The summed E-state index contributed by atoms with van der Waals surface area (Å²) in [5.74, 6) is 1.74. The Hall–Kier alpha value is -1.77. The zero-order valence-electron chi connectivity index (χ0n) is 32.7. The van der Waals surface area contributed by atoms with Crippen molar-refractivity contribution in [1.29, 1.82) is 0 Å². The number of unbranched alkanes of at least 4 members (excludes halogenated alkanes) is 24. The molecule has 0 fully saturated rings. The van der Waals surface area contributed by atoms with E-state index in [1.807, 2.05) is 6.08 Å². The highest BCUT2D eigenvalue weighted by atomic mass is 16.5. The van der Waals surface area contributed by atoms with Crippen LogP contribution in [0.4, 0.5) is 0 Å². The van der Waals surface area contributed by atoms with Gasteiger partial charge in [0.1, 0.15) is 17.1 Å². The maximum absolute atomic E-state index is 12.9. The van der Waals surface area contributed by atoms with Gasteiger partial charge in [-0.15, -0.1) is 6.58 Å². The number of hydrogen-bond donors (Lipinski definition) is 0. The van der Waals surface area contributed by atoms with E-state index < -0.39 is 0 Å². The minimum absolute atomic E-state index is 0.0867. The second-order valence-electron chi connectivity index (χ2n) is 15.6. The molecule has 1 aliphatic rings. The molecular formula is C45H78O3. The first-order chi connectivity index (χ1) is 23.3. The standard InChI is InChI=1S/C45H78O3/c1-7-9-11-13-15-17-19-21-23-25-27-29-31-33-36-45(6)37-35-41-40(5)43(38(3)39(4)44(41)48-45)47-42(46)34-32-30-28-26-24-22-20-18-16-14-12-10-8-2/h8H,2,7,9-37H2,1,3-6H3/t45-/m0/s1. The smallest absolute Gasteiger partial charge is 0.311 e. The first-order valence-electron chi connectivity index (χ1n) is 21.0. The highest BCUT2D eigenvalue weighted by molar-refractivity contribution is 5.74. The van der Waals surface area contributed by atoms with Crippen LogP contribution in [-0.2, 0) is 11.2 Å². The van der Waals surface area contributed by atoms with Gasteiger partial charge in [0.15, 0.2) is 0 Å². The van der Waals surface area contributed by atoms with Gasteiger partial charge >= 0.3 is 5.97 Å². The van der Waals surface area contributed by atoms with Gasteiger partial charge in [-0.2, -0.15) is 0 Å². The van der Waals surface area contributed by atoms with Crippen LogP contribution in [0, 0.1) is 20.8 Å². The second kappa shape index (κ2) is 26.1. The van der Waals surface area contributed by atoms with Crippen LogP contribution in [0.15, 0.2) is 12.7 Å². The Morgan fingerprint density at radius 1 is 0.667 bits per heavy atom. The predicted molar refractivity (Wildman–Crippen MR) is 209 cm³/mol. The predicted octanol–water partition coefficient (Wildman–Crippen LogP) is 14.7. The van der Waals surface area contributed by atoms with Gasteiger partial charge in [-0.3, -0.25) is 4.79 Å². The van der Waals surface area contributed by atoms with Crippen LogP contribution in [0.5, 0.6) is 11.5 Å². The molecule has 1 aliphatic heterocycles. The van der Waals surface area contributed by atoms with Crippen molar-refractivity contribution in [3.63, 3.8) is 0 Å². The zero-order valence-corrected chi connectivity index (χ0v) is 32.7. The quantitative estimate of drug-likeness (QED) is 0.0355.